The minimum absolute atomic E-state index is 0.0151. The molecule has 2 nitrogen and oxygen atoms in total. The van der Waals surface area contributed by atoms with Gasteiger partial charge < -0.3 is 5.73 Å². The summed E-state index contributed by atoms with van der Waals surface area (Å²) in [7, 11) is 2.00. The molecule has 1 aromatic carbocycles. The van der Waals surface area contributed by atoms with Crippen molar-refractivity contribution >= 4 is 15.9 Å². The Kier molecular flexibility index (Phi) is 5.32. The number of nitrogens with zero attached hydrogens (tertiary/aromatic N) is 1. The van der Waals surface area contributed by atoms with Crippen LogP contribution >= 0.6 is 15.9 Å². The fourth-order valence-electron chi connectivity index (χ4n) is 1.93. The van der Waals surface area contributed by atoms with E-state index in [-0.39, 0.29) is 17.4 Å². The van der Waals surface area contributed by atoms with E-state index in [1.807, 2.05) is 13.1 Å². The van der Waals surface area contributed by atoms with Crippen molar-refractivity contribution in [2.75, 3.05) is 13.6 Å². The van der Waals surface area contributed by atoms with E-state index in [2.05, 4.69) is 41.6 Å². The zero-order valence-corrected chi connectivity index (χ0v) is 13.1. The van der Waals surface area contributed by atoms with Crippen LogP contribution in [-0.4, -0.2) is 24.0 Å². The van der Waals surface area contributed by atoms with E-state index >= 15 is 0 Å². The van der Waals surface area contributed by atoms with Crippen LogP contribution in [0.1, 0.15) is 38.8 Å². The highest BCUT2D eigenvalue weighted by Gasteiger charge is 2.29. The molecule has 1 unspecified atom stereocenters. The van der Waals surface area contributed by atoms with Crippen LogP contribution in [-0.2, 0) is 0 Å². The fraction of sp³-hybridized carbons (Fsp3) is 0.571. The molecule has 0 aliphatic heterocycles. The third-order valence-electron chi connectivity index (χ3n) is 3.83. The number of nitrogens with two attached hydrogens (primary N) is 1. The molecule has 0 aliphatic rings. The van der Waals surface area contributed by atoms with Crippen LogP contribution in [0.5, 0.6) is 0 Å². The summed E-state index contributed by atoms with van der Waals surface area (Å²) in [6.07, 6.45) is 0.982. The van der Waals surface area contributed by atoms with E-state index in [0.717, 1.165) is 10.9 Å². The largest absolute Gasteiger partial charge is 0.329 e. The SMILES string of the molecule is CCC(C)(C)N(C)C(CN)c1cc(Br)ccc1F. The zero-order valence-electron chi connectivity index (χ0n) is 11.5. The lowest BCUT2D eigenvalue weighted by Crippen LogP contribution is -2.45. The Balaban J connectivity index is 3.13. The average molecular weight is 317 g/mol. The lowest BCUT2D eigenvalue weighted by molar-refractivity contribution is 0.0985. The van der Waals surface area contributed by atoms with E-state index < -0.39 is 0 Å². The molecule has 18 heavy (non-hydrogen) atoms. The van der Waals surface area contributed by atoms with E-state index in [0.29, 0.717) is 12.1 Å². The Morgan fingerprint density at radius 2 is 2.06 bits per heavy atom. The predicted octanol–water partition coefficient (Wildman–Crippen LogP) is 3.71. The summed E-state index contributed by atoms with van der Waals surface area (Å²) in [6, 6.07) is 4.89. The number of halogens is 2. The van der Waals surface area contributed by atoms with Crippen molar-refractivity contribution < 1.29 is 4.39 Å². The van der Waals surface area contributed by atoms with Crippen molar-refractivity contribution in [1.82, 2.24) is 4.90 Å². The van der Waals surface area contributed by atoms with Gasteiger partial charge in [0.2, 0.25) is 0 Å². The molecule has 0 amide bonds. The maximum Gasteiger partial charge on any atom is 0.128 e. The molecule has 1 atom stereocenters. The van der Waals surface area contributed by atoms with Crippen LogP contribution in [0, 0.1) is 5.82 Å². The standard InChI is InChI=1S/C14H22BrFN2/c1-5-14(2,3)18(4)13(9-17)11-8-10(15)6-7-12(11)16/h6-8,13H,5,9,17H2,1-4H3. The van der Waals surface area contributed by atoms with Gasteiger partial charge in [0.05, 0.1) is 6.04 Å². The second-order valence-electron chi connectivity index (χ2n) is 5.19. The van der Waals surface area contributed by atoms with Crippen LogP contribution in [0.4, 0.5) is 4.39 Å². The number of likely N-dealkylation sites (N-methyl/N-ethyl adjacent to an activating group) is 1. The van der Waals surface area contributed by atoms with Gasteiger partial charge in [-0.05, 0) is 45.5 Å². The van der Waals surface area contributed by atoms with Crippen molar-refractivity contribution in [2.45, 2.75) is 38.8 Å². The molecule has 0 aliphatic carbocycles. The van der Waals surface area contributed by atoms with Gasteiger partial charge in [-0.25, -0.2) is 4.39 Å². The van der Waals surface area contributed by atoms with Gasteiger partial charge >= 0.3 is 0 Å². The number of hydrogen-bond acceptors (Lipinski definition) is 2. The summed E-state index contributed by atoms with van der Waals surface area (Å²) in [5.41, 5.74) is 6.49. The lowest BCUT2D eigenvalue weighted by atomic mass is 9.94. The lowest BCUT2D eigenvalue weighted by Gasteiger charge is -2.40. The van der Waals surface area contributed by atoms with Gasteiger partial charge in [-0.1, -0.05) is 22.9 Å². The molecule has 0 fully saturated rings. The topological polar surface area (TPSA) is 29.3 Å². The van der Waals surface area contributed by atoms with Gasteiger partial charge in [-0.3, -0.25) is 4.90 Å². The van der Waals surface area contributed by atoms with Gasteiger partial charge in [0, 0.05) is 22.1 Å². The molecule has 0 saturated heterocycles. The minimum atomic E-state index is -0.201. The molecular weight excluding hydrogens is 295 g/mol. The van der Waals surface area contributed by atoms with Crippen LogP contribution in [0.25, 0.3) is 0 Å². The van der Waals surface area contributed by atoms with Gasteiger partial charge in [0.15, 0.2) is 0 Å². The van der Waals surface area contributed by atoms with Crippen LogP contribution < -0.4 is 5.73 Å². The van der Waals surface area contributed by atoms with Crippen LogP contribution in [0.15, 0.2) is 22.7 Å². The highest BCUT2D eigenvalue weighted by molar-refractivity contribution is 9.10. The molecule has 0 saturated carbocycles. The molecule has 102 valence electrons. The summed E-state index contributed by atoms with van der Waals surface area (Å²) in [5, 5.41) is 0. The number of benzene rings is 1. The van der Waals surface area contributed by atoms with Crippen molar-refractivity contribution in [3.8, 4) is 0 Å². The van der Waals surface area contributed by atoms with E-state index in [1.165, 1.54) is 6.07 Å². The molecular formula is C14H22BrFN2. The third kappa shape index (κ3) is 3.31. The number of rotatable bonds is 5. The summed E-state index contributed by atoms with van der Waals surface area (Å²) in [5.74, 6) is -0.201. The van der Waals surface area contributed by atoms with Crippen molar-refractivity contribution in [1.29, 1.82) is 0 Å². The Hall–Kier alpha value is -0.450. The minimum Gasteiger partial charge on any atom is -0.329 e. The second kappa shape index (κ2) is 6.13. The molecule has 4 heteroatoms. The Labute approximate surface area is 117 Å². The molecule has 0 bridgehead atoms. The van der Waals surface area contributed by atoms with E-state index in [9.17, 15) is 4.39 Å². The van der Waals surface area contributed by atoms with Gasteiger partial charge in [0.1, 0.15) is 5.82 Å². The normalized spacial score (nSPS) is 14.0. The van der Waals surface area contributed by atoms with E-state index in [1.54, 1.807) is 6.07 Å². The second-order valence-corrected chi connectivity index (χ2v) is 6.11. The zero-order chi connectivity index (χ0) is 13.9. The molecule has 1 aromatic rings. The molecule has 0 aromatic heterocycles. The maximum absolute atomic E-state index is 14.0. The first kappa shape index (κ1) is 15.6. The van der Waals surface area contributed by atoms with Crippen molar-refractivity contribution in [3.05, 3.63) is 34.1 Å². The highest BCUT2D eigenvalue weighted by Crippen LogP contribution is 2.30. The summed E-state index contributed by atoms with van der Waals surface area (Å²) in [4.78, 5) is 2.15. The van der Waals surface area contributed by atoms with Crippen molar-refractivity contribution in [2.24, 2.45) is 5.73 Å². The molecule has 1 rings (SSSR count). The monoisotopic (exact) mass is 316 g/mol. The Morgan fingerprint density at radius 1 is 1.44 bits per heavy atom. The summed E-state index contributed by atoms with van der Waals surface area (Å²) in [6.45, 7) is 6.81. The average Bonchev–Trinajstić information content (AvgIpc) is 2.34. The molecule has 2 N–H and O–H groups in total. The smallest absolute Gasteiger partial charge is 0.128 e. The van der Waals surface area contributed by atoms with Crippen LogP contribution in [0.2, 0.25) is 0 Å². The van der Waals surface area contributed by atoms with Crippen molar-refractivity contribution in [3.63, 3.8) is 0 Å². The predicted molar refractivity (Wildman–Crippen MR) is 78.0 cm³/mol. The fourth-order valence-corrected chi connectivity index (χ4v) is 2.31. The van der Waals surface area contributed by atoms with Gasteiger partial charge in [0.25, 0.3) is 0 Å². The van der Waals surface area contributed by atoms with E-state index in [4.69, 9.17) is 5.73 Å². The molecule has 0 heterocycles. The Morgan fingerprint density at radius 3 is 2.56 bits per heavy atom. The first-order valence-corrected chi connectivity index (χ1v) is 7.00. The molecule has 0 radical (unpaired) electrons. The summed E-state index contributed by atoms with van der Waals surface area (Å²) < 4.78 is 14.8. The third-order valence-corrected chi connectivity index (χ3v) is 4.32. The highest BCUT2D eigenvalue weighted by atomic mass is 79.9. The first-order valence-electron chi connectivity index (χ1n) is 6.21. The maximum atomic E-state index is 14.0. The van der Waals surface area contributed by atoms with Gasteiger partial charge in [-0.15, -0.1) is 0 Å². The quantitative estimate of drug-likeness (QED) is 0.897. The van der Waals surface area contributed by atoms with Gasteiger partial charge in [-0.2, -0.15) is 0 Å². The summed E-state index contributed by atoms with van der Waals surface area (Å²) >= 11 is 3.38. The first-order chi connectivity index (χ1) is 8.33. The number of hydrogen-bond donors (Lipinski definition) is 1. The molecule has 0 spiro atoms. The van der Waals surface area contributed by atoms with Crippen LogP contribution in [0.3, 0.4) is 0 Å². The Bertz CT molecular complexity index is 407.